The molecule has 0 unspecified atom stereocenters. The van der Waals surface area contributed by atoms with Gasteiger partial charge in [-0.25, -0.2) is 0 Å². The van der Waals surface area contributed by atoms with Crippen LogP contribution >= 0.6 is 0 Å². The van der Waals surface area contributed by atoms with Crippen molar-refractivity contribution in [2.75, 3.05) is 20.3 Å². The van der Waals surface area contributed by atoms with Crippen LogP contribution in [0.1, 0.15) is 0 Å². The number of aliphatic hydroxyl groups is 2. The molecule has 72 valence electrons. The first-order valence-corrected chi connectivity index (χ1v) is 3.89. The number of hydrogen-bond acceptors (Lipinski definition) is 5. The van der Waals surface area contributed by atoms with Gasteiger partial charge in [0, 0.05) is 7.11 Å². The lowest BCUT2D eigenvalue weighted by Crippen LogP contribution is -2.57. The van der Waals surface area contributed by atoms with E-state index in [0.717, 1.165) is 0 Å². The average Bonchev–Trinajstić information content (AvgIpc) is 2.07. The van der Waals surface area contributed by atoms with Crippen LogP contribution in [0.5, 0.6) is 0 Å². The number of methoxy groups -OCH3 is 1. The van der Waals surface area contributed by atoms with Gasteiger partial charge in [0.25, 0.3) is 0 Å². The third-order valence-electron chi connectivity index (χ3n) is 2.00. The summed E-state index contributed by atoms with van der Waals surface area (Å²) in [6, 6.07) is -0.506. The number of ether oxygens (including phenoxy) is 2. The van der Waals surface area contributed by atoms with Crippen LogP contribution in [0.2, 0.25) is 0 Å². The summed E-state index contributed by atoms with van der Waals surface area (Å²) in [4.78, 5) is 0. The van der Waals surface area contributed by atoms with Crippen LogP contribution in [0.25, 0.3) is 0 Å². The van der Waals surface area contributed by atoms with Crippen molar-refractivity contribution in [2.24, 2.45) is 5.73 Å². The summed E-state index contributed by atoms with van der Waals surface area (Å²) >= 11 is 0. The van der Waals surface area contributed by atoms with Crippen molar-refractivity contribution in [3.05, 3.63) is 0 Å². The Morgan fingerprint density at radius 3 is 2.75 bits per heavy atom. The SMILES string of the molecule is COC[C@H]1OC[C@H](N)[C@@H](O)[C@H]1O. The third-order valence-corrected chi connectivity index (χ3v) is 2.00. The van der Waals surface area contributed by atoms with Crippen LogP contribution in [-0.2, 0) is 9.47 Å². The summed E-state index contributed by atoms with van der Waals surface area (Å²) in [5.74, 6) is 0. The highest BCUT2D eigenvalue weighted by Gasteiger charge is 2.36. The monoisotopic (exact) mass is 177 g/mol. The molecule has 5 heteroatoms. The summed E-state index contributed by atoms with van der Waals surface area (Å²) in [7, 11) is 1.51. The lowest BCUT2D eigenvalue weighted by molar-refractivity contribution is -0.159. The fourth-order valence-electron chi connectivity index (χ4n) is 1.22. The minimum atomic E-state index is -0.950. The fraction of sp³-hybridized carbons (Fsp3) is 1.00. The number of rotatable bonds is 2. The Morgan fingerprint density at radius 2 is 2.17 bits per heavy atom. The van der Waals surface area contributed by atoms with Gasteiger partial charge in [-0.3, -0.25) is 0 Å². The maximum atomic E-state index is 9.40. The highest BCUT2D eigenvalue weighted by atomic mass is 16.5. The van der Waals surface area contributed by atoms with Gasteiger partial charge in [0.1, 0.15) is 12.2 Å². The molecular weight excluding hydrogens is 162 g/mol. The largest absolute Gasteiger partial charge is 0.389 e. The zero-order valence-electron chi connectivity index (χ0n) is 7.01. The molecule has 0 aliphatic carbocycles. The second-order valence-electron chi connectivity index (χ2n) is 2.97. The van der Waals surface area contributed by atoms with E-state index < -0.39 is 24.4 Å². The van der Waals surface area contributed by atoms with E-state index in [2.05, 4.69) is 0 Å². The van der Waals surface area contributed by atoms with Crippen molar-refractivity contribution in [1.82, 2.24) is 0 Å². The molecule has 1 aliphatic heterocycles. The van der Waals surface area contributed by atoms with Crippen LogP contribution in [0, 0.1) is 0 Å². The second-order valence-corrected chi connectivity index (χ2v) is 2.97. The van der Waals surface area contributed by atoms with Gasteiger partial charge in [0.15, 0.2) is 0 Å². The molecular formula is C7H15NO4. The van der Waals surface area contributed by atoms with Crippen molar-refractivity contribution in [1.29, 1.82) is 0 Å². The van der Waals surface area contributed by atoms with E-state index in [9.17, 15) is 10.2 Å². The molecule has 0 saturated carbocycles. The van der Waals surface area contributed by atoms with Crippen LogP contribution in [0.15, 0.2) is 0 Å². The Morgan fingerprint density at radius 1 is 1.50 bits per heavy atom. The highest BCUT2D eigenvalue weighted by molar-refractivity contribution is 4.88. The van der Waals surface area contributed by atoms with Gasteiger partial charge in [0.05, 0.1) is 25.4 Å². The van der Waals surface area contributed by atoms with Crippen molar-refractivity contribution in [3.8, 4) is 0 Å². The van der Waals surface area contributed by atoms with Gasteiger partial charge >= 0.3 is 0 Å². The molecule has 1 heterocycles. The summed E-state index contributed by atoms with van der Waals surface area (Å²) in [6.07, 6.45) is -2.34. The predicted molar refractivity (Wildman–Crippen MR) is 41.6 cm³/mol. The van der Waals surface area contributed by atoms with Gasteiger partial charge in [-0.1, -0.05) is 0 Å². The summed E-state index contributed by atoms with van der Waals surface area (Å²) in [6.45, 7) is 0.525. The first-order chi connectivity index (χ1) is 5.66. The van der Waals surface area contributed by atoms with Crippen LogP contribution in [0.4, 0.5) is 0 Å². The molecule has 4 atom stereocenters. The molecule has 1 saturated heterocycles. The van der Waals surface area contributed by atoms with Crippen molar-refractivity contribution in [3.63, 3.8) is 0 Å². The van der Waals surface area contributed by atoms with E-state index >= 15 is 0 Å². The maximum absolute atomic E-state index is 9.40. The average molecular weight is 177 g/mol. The van der Waals surface area contributed by atoms with Gasteiger partial charge in [-0.15, -0.1) is 0 Å². The van der Waals surface area contributed by atoms with E-state index in [4.69, 9.17) is 15.2 Å². The molecule has 12 heavy (non-hydrogen) atoms. The Bertz CT molecular complexity index is 143. The maximum Gasteiger partial charge on any atom is 0.110 e. The normalized spacial score (nSPS) is 43.0. The van der Waals surface area contributed by atoms with E-state index in [1.807, 2.05) is 0 Å². The predicted octanol–water partition coefficient (Wildman–Crippen LogP) is -1.92. The standard InChI is InChI=1S/C7H15NO4/c1-11-3-5-7(10)6(9)4(8)2-12-5/h4-7,9-10H,2-3,8H2,1H3/t4-,5+,6+,7-/m0/s1. The van der Waals surface area contributed by atoms with E-state index in [-0.39, 0.29) is 13.2 Å². The molecule has 0 aromatic heterocycles. The van der Waals surface area contributed by atoms with Gasteiger partial charge in [-0.2, -0.15) is 0 Å². The van der Waals surface area contributed by atoms with Gasteiger partial charge < -0.3 is 25.4 Å². The molecule has 0 aromatic rings. The Labute approximate surface area is 71.1 Å². The molecule has 0 spiro atoms. The fourth-order valence-corrected chi connectivity index (χ4v) is 1.22. The van der Waals surface area contributed by atoms with E-state index in [1.54, 1.807) is 0 Å². The van der Waals surface area contributed by atoms with Crippen molar-refractivity contribution >= 4 is 0 Å². The third kappa shape index (κ3) is 1.94. The lowest BCUT2D eigenvalue weighted by Gasteiger charge is -2.35. The Hall–Kier alpha value is -0.200. The first-order valence-electron chi connectivity index (χ1n) is 3.89. The number of aliphatic hydroxyl groups excluding tert-OH is 2. The molecule has 0 aromatic carbocycles. The molecule has 5 nitrogen and oxygen atoms in total. The topological polar surface area (TPSA) is 84.9 Å². The quantitative estimate of drug-likeness (QED) is 0.458. The number of hydrogen-bond donors (Lipinski definition) is 3. The summed E-state index contributed by atoms with van der Waals surface area (Å²) in [5, 5.41) is 18.7. The van der Waals surface area contributed by atoms with Gasteiger partial charge in [-0.05, 0) is 0 Å². The molecule has 4 N–H and O–H groups in total. The smallest absolute Gasteiger partial charge is 0.110 e. The van der Waals surface area contributed by atoms with E-state index in [0.29, 0.717) is 0 Å². The molecule has 1 fully saturated rings. The van der Waals surface area contributed by atoms with Crippen molar-refractivity contribution in [2.45, 2.75) is 24.4 Å². The van der Waals surface area contributed by atoms with Crippen molar-refractivity contribution < 1.29 is 19.7 Å². The Balaban J connectivity index is 2.46. The summed E-state index contributed by atoms with van der Waals surface area (Å²) < 4.78 is 9.95. The summed E-state index contributed by atoms with van der Waals surface area (Å²) in [5.41, 5.74) is 5.45. The molecule has 0 radical (unpaired) electrons. The minimum absolute atomic E-state index is 0.256. The number of nitrogens with two attached hydrogens (primary N) is 1. The Kier molecular flexibility index (Phi) is 3.42. The second kappa shape index (κ2) is 4.15. The molecule has 1 rings (SSSR count). The highest BCUT2D eigenvalue weighted by Crippen LogP contribution is 2.14. The van der Waals surface area contributed by atoms with Crippen LogP contribution < -0.4 is 5.73 Å². The molecule has 1 aliphatic rings. The molecule has 0 amide bonds. The van der Waals surface area contributed by atoms with E-state index in [1.165, 1.54) is 7.11 Å². The zero-order valence-corrected chi connectivity index (χ0v) is 7.01. The lowest BCUT2D eigenvalue weighted by atomic mass is 9.99. The van der Waals surface area contributed by atoms with Crippen LogP contribution in [-0.4, -0.2) is 54.9 Å². The minimum Gasteiger partial charge on any atom is -0.389 e. The zero-order chi connectivity index (χ0) is 9.14. The van der Waals surface area contributed by atoms with Gasteiger partial charge in [0.2, 0.25) is 0 Å². The van der Waals surface area contributed by atoms with Crippen LogP contribution in [0.3, 0.4) is 0 Å². The molecule has 0 bridgehead atoms. The first kappa shape index (κ1) is 9.88.